The highest BCUT2D eigenvalue weighted by molar-refractivity contribution is 6.17. The first-order chi connectivity index (χ1) is 3.06. The lowest BCUT2D eigenvalue weighted by atomic mass is 10.1. The van der Waals surface area contributed by atoms with Crippen molar-refractivity contribution in [3.05, 3.63) is 12.1 Å². The first-order valence-electron chi connectivity index (χ1n) is 1.77. The molecule has 0 unspecified atom stereocenters. The van der Waals surface area contributed by atoms with Crippen LogP contribution in [0.5, 0.6) is 0 Å². The molecular weight excluding hydrogens is 104 g/mol. The molecule has 0 N–H and O–H groups in total. The standard InChI is InChI=1S/C3H4BF3/c4-2-1-3(5,6)7/h1-2H,4H2/b2-1+. The van der Waals surface area contributed by atoms with Crippen molar-refractivity contribution >= 4 is 7.85 Å². The molecule has 0 aromatic carbocycles. The lowest BCUT2D eigenvalue weighted by Crippen LogP contribution is -1.99. The normalized spacial score (nSPS) is 13.0. The van der Waals surface area contributed by atoms with Crippen LogP contribution in [-0.2, 0) is 0 Å². The smallest absolute Gasteiger partial charge is 0.167 e. The molecule has 0 aliphatic rings. The number of rotatable bonds is 0. The van der Waals surface area contributed by atoms with Gasteiger partial charge in [0.25, 0.3) is 0 Å². The largest absolute Gasteiger partial charge is 0.408 e. The second-order valence-electron chi connectivity index (χ2n) is 1.04. The van der Waals surface area contributed by atoms with E-state index in [0.717, 1.165) is 5.98 Å². The summed E-state index contributed by atoms with van der Waals surface area (Å²) in [6.45, 7) is 0. The average Bonchev–Trinajstić information content (AvgIpc) is 1.30. The third kappa shape index (κ3) is 5.59. The minimum Gasteiger partial charge on any atom is -0.167 e. The molecule has 4 heteroatoms. The molecule has 0 atom stereocenters. The molecule has 0 bridgehead atoms. The quantitative estimate of drug-likeness (QED) is 0.400. The van der Waals surface area contributed by atoms with Crippen molar-refractivity contribution in [2.75, 3.05) is 0 Å². The highest BCUT2D eigenvalue weighted by Gasteiger charge is 2.20. The molecule has 0 fully saturated rings. The van der Waals surface area contributed by atoms with Crippen molar-refractivity contribution in [2.24, 2.45) is 0 Å². The van der Waals surface area contributed by atoms with E-state index in [9.17, 15) is 13.2 Å². The lowest BCUT2D eigenvalue weighted by molar-refractivity contribution is -0.0796. The van der Waals surface area contributed by atoms with E-state index in [-0.39, 0.29) is 6.08 Å². The molecule has 0 nitrogen and oxygen atoms in total. The average molecular weight is 108 g/mol. The molecule has 0 aliphatic carbocycles. The number of halogens is 3. The topological polar surface area (TPSA) is 0 Å². The Kier molecular flexibility index (Phi) is 1.93. The Balaban J connectivity index is 3.56. The summed E-state index contributed by atoms with van der Waals surface area (Å²) < 4.78 is 32.9. The van der Waals surface area contributed by atoms with Crippen LogP contribution in [0.2, 0.25) is 0 Å². The molecule has 0 spiro atoms. The molecule has 0 saturated carbocycles. The fourth-order valence-corrected chi connectivity index (χ4v) is 0.189. The Hall–Kier alpha value is -0.405. The van der Waals surface area contributed by atoms with E-state index in [1.54, 1.807) is 0 Å². The highest BCUT2D eigenvalue weighted by atomic mass is 19.4. The van der Waals surface area contributed by atoms with Gasteiger partial charge in [0.1, 0.15) is 7.85 Å². The van der Waals surface area contributed by atoms with Gasteiger partial charge in [0.2, 0.25) is 0 Å². The van der Waals surface area contributed by atoms with Crippen molar-refractivity contribution in [1.29, 1.82) is 0 Å². The molecular formula is C3H4BF3. The van der Waals surface area contributed by atoms with Crippen LogP contribution in [0.1, 0.15) is 0 Å². The van der Waals surface area contributed by atoms with E-state index < -0.39 is 6.18 Å². The number of hydrogen-bond acceptors (Lipinski definition) is 0. The van der Waals surface area contributed by atoms with Gasteiger partial charge >= 0.3 is 6.18 Å². The second kappa shape index (κ2) is 2.05. The van der Waals surface area contributed by atoms with Crippen LogP contribution < -0.4 is 0 Å². The Morgan fingerprint density at radius 1 is 1.29 bits per heavy atom. The molecule has 0 aliphatic heterocycles. The Labute approximate surface area is 40.4 Å². The fourth-order valence-electron chi connectivity index (χ4n) is 0.189. The van der Waals surface area contributed by atoms with E-state index in [4.69, 9.17) is 0 Å². The molecule has 40 valence electrons. The van der Waals surface area contributed by atoms with Gasteiger partial charge in [-0.1, -0.05) is 0 Å². The van der Waals surface area contributed by atoms with Crippen molar-refractivity contribution in [1.82, 2.24) is 0 Å². The van der Waals surface area contributed by atoms with Crippen LogP contribution >= 0.6 is 0 Å². The minimum atomic E-state index is -4.13. The van der Waals surface area contributed by atoms with Gasteiger partial charge in [-0.2, -0.15) is 13.2 Å². The van der Waals surface area contributed by atoms with Gasteiger partial charge in [-0.25, -0.2) is 0 Å². The van der Waals surface area contributed by atoms with E-state index in [1.807, 2.05) is 0 Å². The van der Waals surface area contributed by atoms with Crippen LogP contribution in [0.4, 0.5) is 13.2 Å². The summed E-state index contributed by atoms with van der Waals surface area (Å²) in [5.74, 6) is 0.958. The van der Waals surface area contributed by atoms with E-state index in [2.05, 4.69) is 0 Å². The van der Waals surface area contributed by atoms with E-state index >= 15 is 0 Å². The molecule has 0 rings (SSSR count). The lowest BCUT2D eigenvalue weighted by Gasteiger charge is -1.93. The molecule has 0 saturated heterocycles. The molecule has 7 heavy (non-hydrogen) atoms. The van der Waals surface area contributed by atoms with Gasteiger partial charge < -0.3 is 0 Å². The van der Waals surface area contributed by atoms with Crippen molar-refractivity contribution in [2.45, 2.75) is 6.18 Å². The van der Waals surface area contributed by atoms with Gasteiger partial charge in [0, 0.05) is 6.08 Å². The third-order valence-electron chi connectivity index (χ3n) is 0.356. The van der Waals surface area contributed by atoms with Gasteiger partial charge in [-0.15, -0.1) is 5.98 Å². The van der Waals surface area contributed by atoms with Crippen LogP contribution in [0.15, 0.2) is 12.1 Å². The first kappa shape index (κ1) is 6.59. The predicted octanol–water partition coefficient (Wildman–Crippen LogP) is 0.696. The molecule has 0 amide bonds. The van der Waals surface area contributed by atoms with E-state index in [0.29, 0.717) is 0 Å². The molecule has 0 aromatic heterocycles. The van der Waals surface area contributed by atoms with E-state index in [1.165, 1.54) is 7.85 Å². The van der Waals surface area contributed by atoms with Crippen molar-refractivity contribution < 1.29 is 13.2 Å². The summed E-state index contributed by atoms with van der Waals surface area (Å²) in [6.07, 6.45) is -3.94. The minimum absolute atomic E-state index is 0.188. The maximum absolute atomic E-state index is 11.0. The highest BCUT2D eigenvalue weighted by Crippen LogP contribution is 2.14. The Morgan fingerprint density at radius 3 is 1.71 bits per heavy atom. The zero-order valence-corrected chi connectivity index (χ0v) is 3.79. The summed E-state index contributed by atoms with van der Waals surface area (Å²) in [5, 5.41) is 0. The summed E-state index contributed by atoms with van der Waals surface area (Å²) in [5.41, 5.74) is 0. The zero-order chi connectivity index (χ0) is 5.91. The van der Waals surface area contributed by atoms with Gasteiger partial charge in [0.05, 0.1) is 0 Å². The molecule has 0 aromatic rings. The summed E-state index contributed by atoms with van der Waals surface area (Å²) >= 11 is 0. The molecule has 0 heterocycles. The van der Waals surface area contributed by atoms with Crippen LogP contribution in [0.3, 0.4) is 0 Å². The third-order valence-corrected chi connectivity index (χ3v) is 0.356. The number of alkyl halides is 3. The summed E-state index contributed by atoms with van der Waals surface area (Å²) in [7, 11) is 1.33. The maximum Gasteiger partial charge on any atom is 0.408 e. The summed E-state index contributed by atoms with van der Waals surface area (Å²) in [6, 6.07) is 0. The van der Waals surface area contributed by atoms with Crippen LogP contribution in [0.25, 0.3) is 0 Å². The van der Waals surface area contributed by atoms with Crippen LogP contribution in [-0.4, -0.2) is 14.0 Å². The van der Waals surface area contributed by atoms with Crippen molar-refractivity contribution in [3.63, 3.8) is 0 Å². The van der Waals surface area contributed by atoms with Crippen molar-refractivity contribution in [3.8, 4) is 0 Å². The second-order valence-corrected chi connectivity index (χ2v) is 1.04. The van der Waals surface area contributed by atoms with Crippen LogP contribution in [0, 0.1) is 0 Å². The maximum atomic E-state index is 11.0. The zero-order valence-electron chi connectivity index (χ0n) is 3.79. The number of allylic oxidation sites excluding steroid dienone is 1. The van der Waals surface area contributed by atoms with Gasteiger partial charge in [-0.05, 0) is 0 Å². The Morgan fingerprint density at radius 2 is 1.71 bits per heavy atom. The van der Waals surface area contributed by atoms with Gasteiger partial charge in [0.15, 0.2) is 0 Å². The SMILES string of the molecule is B/C=C/C(F)(F)F. The first-order valence-corrected chi connectivity index (χ1v) is 1.77. The fraction of sp³-hybridized carbons (Fsp3) is 0.333. The summed E-state index contributed by atoms with van der Waals surface area (Å²) in [4.78, 5) is 0. The van der Waals surface area contributed by atoms with Gasteiger partial charge in [-0.3, -0.25) is 0 Å². The Bertz CT molecular complexity index is 72.7. The molecule has 0 radical (unpaired) electrons. The number of hydrogen-bond donors (Lipinski definition) is 0. The predicted molar refractivity (Wildman–Crippen MR) is 23.7 cm³/mol. The monoisotopic (exact) mass is 108 g/mol.